The van der Waals surface area contributed by atoms with Crippen molar-refractivity contribution in [2.24, 2.45) is 0 Å². The number of aryl methyl sites for hydroxylation is 1. The second-order valence-corrected chi connectivity index (χ2v) is 4.48. The molecule has 1 unspecified atom stereocenters. The van der Waals surface area contributed by atoms with Crippen LogP contribution in [0.1, 0.15) is 43.4 Å². The van der Waals surface area contributed by atoms with Gasteiger partial charge in [-0.05, 0) is 36.7 Å². The minimum absolute atomic E-state index is 0.150. The SMILES string of the molecule is CCCNC(c1cncc(F)c1)c1ccc(CC)o1. The number of nitrogens with one attached hydrogen (secondary N) is 1. The molecule has 0 amide bonds. The molecule has 2 rings (SSSR count). The average Bonchev–Trinajstić information content (AvgIpc) is 2.88. The molecule has 19 heavy (non-hydrogen) atoms. The molecule has 0 saturated heterocycles. The first-order valence-corrected chi connectivity index (χ1v) is 6.67. The van der Waals surface area contributed by atoms with Crippen LogP contribution in [0, 0.1) is 5.82 Å². The van der Waals surface area contributed by atoms with Gasteiger partial charge in [-0.1, -0.05) is 13.8 Å². The molecule has 1 atom stereocenters. The molecule has 0 fully saturated rings. The van der Waals surface area contributed by atoms with Gasteiger partial charge in [-0.25, -0.2) is 4.39 Å². The minimum atomic E-state index is -0.330. The molecular formula is C15H19FN2O. The maximum Gasteiger partial charge on any atom is 0.141 e. The van der Waals surface area contributed by atoms with Crippen LogP contribution in [-0.2, 0) is 6.42 Å². The molecule has 1 N–H and O–H groups in total. The smallest absolute Gasteiger partial charge is 0.141 e. The zero-order valence-electron chi connectivity index (χ0n) is 11.3. The predicted octanol–water partition coefficient (Wildman–Crippen LogP) is 3.47. The fourth-order valence-corrected chi connectivity index (χ4v) is 2.00. The van der Waals surface area contributed by atoms with Crippen molar-refractivity contribution < 1.29 is 8.81 Å². The molecule has 0 aliphatic carbocycles. The number of hydrogen-bond donors (Lipinski definition) is 1. The van der Waals surface area contributed by atoms with Crippen molar-refractivity contribution in [3.05, 3.63) is 53.5 Å². The highest BCUT2D eigenvalue weighted by Gasteiger charge is 2.18. The Morgan fingerprint density at radius 3 is 2.79 bits per heavy atom. The third-order valence-corrected chi connectivity index (χ3v) is 2.97. The van der Waals surface area contributed by atoms with Gasteiger partial charge in [-0.2, -0.15) is 0 Å². The lowest BCUT2D eigenvalue weighted by Crippen LogP contribution is -2.23. The Hall–Kier alpha value is -1.68. The second-order valence-electron chi connectivity index (χ2n) is 4.48. The molecule has 0 aliphatic rings. The molecule has 4 heteroatoms. The molecule has 0 aliphatic heterocycles. The number of halogens is 1. The topological polar surface area (TPSA) is 38.1 Å². The van der Waals surface area contributed by atoms with Crippen molar-refractivity contribution in [3.63, 3.8) is 0 Å². The average molecular weight is 262 g/mol. The summed E-state index contributed by atoms with van der Waals surface area (Å²) in [6.07, 6.45) is 4.73. The number of aromatic nitrogens is 1. The Morgan fingerprint density at radius 1 is 1.32 bits per heavy atom. The third-order valence-electron chi connectivity index (χ3n) is 2.97. The Labute approximate surface area is 112 Å². The van der Waals surface area contributed by atoms with E-state index in [4.69, 9.17) is 4.42 Å². The first-order chi connectivity index (χ1) is 9.24. The largest absolute Gasteiger partial charge is 0.464 e. The van der Waals surface area contributed by atoms with Gasteiger partial charge < -0.3 is 9.73 Å². The van der Waals surface area contributed by atoms with Crippen molar-refractivity contribution in [2.75, 3.05) is 6.54 Å². The van der Waals surface area contributed by atoms with Crippen LogP contribution in [0.3, 0.4) is 0 Å². The number of hydrogen-bond acceptors (Lipinski definition) is 3. The summed E-state index contributed by atoms with van der Waals surface area (Å²) in [6, 6.07) is 5.25. The quantitative estimate of drug-likeness (QED) is 0.866. The van der Waals surface area contributed by atoms with Gasteiger partial charge in [-0.3, -0.25) is 4.98 Å². The van der Waals surface area contributed by atoms with Gasteiger partial charge in [-0.15, -0.1) is 0 Å². The van der Waals surface area contributed by atoms with E-state index in [-0.39, 0.29) is 11.9 Å². The van der Waals surface area contributed by atoms with Crippen LogP contribution in [0.2, 0.25) is 0 Å². The lowest BCUT2D eigenvalue weighted by Gasteiger charge is -2.16. The first kappa shape index (κ1) is 13.7. The van der Waals surface area contributed by atoms with Crippen LogP contribution < -0.4 is 5.32 Å². The Bertz CT molecular complexity index is 524. The van der Waals surface area contributed by atoms with Crippen LogP contribution in [-0.4, -0.2) is 11.5 Å². The lowest BCUT2D eigenvalue weighted by molar-refractivity contribution is 0.420. The highest BCUT2D eigenvalue weighted by atomic mass is 19.1. The molecule has 0 saturated carbocycles. The summed E-state index contributed by atoms with van der Waals surface area (Å²) in [5.74, 6) is 1.41. The zero-order chi connectivity index (χ0) is 13.7. The molecule has 2 heterocycles. The molecule has 0 bridgehead atoms. The molecule has 3 nitrogen and oxygen atoms in total. The number of pyridine rings is 1. The summed E-state index contributed by atoms with van der Waals surface area (Å²) < 4.78 is 19.1. The summed E-state index contributed by atoms with van der Waals surface area (Å²) in [6.45, 7) is 4.97. The Kier molecular flexibility index (Phi) is 4.68. The van der Waals surface area contributed by atoms with E-state index in [9.17, 15) is 4.39 Å². The van der Waals surface area contributed by atoms with Crippen LogP contribution in [0.15, 0.2) is 35.0 Å². The summed E-state index contributed by atoms with van der Waals surface area (Å²) in [5.41, 5.74) is 0.783. The number of furan rings is 1. The predicted molar refractivity (Wildman–Crippen MR) is 72.4 cm³/mol. The van der Waals surface area contributed by atoms with E-state index in [0.717, 1.165) is 36.5 Å². The van der Waals surface area contributed by atoms with Crippen molar-refractivity contribution in [1.29, 1.82) is 0 Å². The van der Waals surface area contributed by atoms with Gasteiger partial charge in [0.15, 0.2) is 0 Å². The zero-order valence-corrected chi connectivity index (χ0v) is 11.3. The molecule has 0 aromatic carbocycles. The van der Waals surface area contributed by atoms with Gasteiger partial charge in [0.25, 0.3) is 0 Å². The van der Waals surface area contributed by atoms with Crippen LogP contribution in [0.4, 0.5) is 4.39 Å². The molecule has 102 valence electrons. The van der Waals surface area contributed by atoms with Crippen LogP contribution >= 0.6 is 0 Å². The third kappa shape index (κ3) is 3.41. The van der Waals surface area contributed by atoms with E-state index in [0.29, 0.717) is 0 Å². The van der Waals surface area contributed by atoms with E-state index < -0.39 is 0 Å². The standard InChI is InChI=1S/C15H19FN2O/c1-3-7-18-15(11-8-12(16)10-17-9-11)14-6-5-13(4-2)19-14/h5-6,8-10,15,18H,3-4,7H2,1-2H3. The van der Waals surface area contributed by atoms with Gasteiger partial charge in [0.05, 0.1) is 12.2 Å². The number of nitrogens with zero attached hydrogens (tertiary/aromatic N) is 1. The summed E-state index contributed by atoms with van der Waals surface area (Å²) in [5, 5.41) is 3.37. The summed E-state index contributed by atoms with van der Waals surface area (Å²) in [7, 11) is 0. The van der Waals surface area contributed by atoms with Gasteiger partial charge in [0.2, 0.25) is 0 Å². The maximum atomic E-state index is 13.3. The fraction of sp³-hybridized carbons (Fsp3) is 0.400. The van der Waals surface area contributed by atoms with Crippen LogP contribution in [0.25, 0.3) is 0 Å². The lowest BCUT2D eigenvalue weighted by atomic mass is 10.1. The molecule has 0 spiro atoms. The van der Waals surface area contributed by atoms with E-state index in [1.165, 1.54) is 12.3 Å². The van der Waals surface area contributed by atoms with Gasteiger partial charge >= 0.3 is 0 Å². The monoisotopic (exact) mass is 262 g/mol. The van der Waals surface area contributed by atoms with Crippen molar-refractivity contribution in [2.45, 2.75) is 32.7 Å². The molecule has 0 radical (unpaired) electrons. The highest BCUT2D eigenvalue weighted by Crippen LogP contribution is 2.24. The first-order valence-electron chi connectivity index (χ1n) is 6.67. The van der Waals surface area contributed by atoms with E-state index in [2.05, 4.69) is 17.2 Å². The van der Waals surface area contributed by atoms with Gasteiger partial charge in [0, 0.05) is 12.6 Å². The summed E-state index contributed by atoms with van der Waals surface area (Å²) >= 11 is 0. The van der Waals surface area contributed by atoms with Gasteiger partial charge in [0.1, 0.15) is 17.3 Å². The fourth-order valence-electron chi connectivity index (χ4n) is 2.00. The van der Waals surface area contributed by atoms with E-state index in [1.807, 2.05) is 19.1 Å². The highest BCUT2D eigenvalue weighted by molar-refractivity contribution is 5.25. The molecule has 2 aromatic rings. The normalized spacial score (nSPS) is 12.6. The van der Waals surface area contributed by atoms with E-state index in [1.54, 1.807) is 6.20 Å². The number of rotatable bonds is 6. The van der Waals surface area contributed by atoms with Crippen LogP contribution in [0.5, 0.6) is 0 Å². The molecular weight excluding hydrogens is 243 g/mol. The Balaban J connectivity index is 2.29. The van der Waals surface area contributed by atoms with E-state index >= 15 is 0 Å². The van der Waals surface area contributed by atoms with Crippen molar-refractivity contribution in [1.82, 2.24) is 10.3 Å². The molecule has 2 aromatic heterocycles. The minimum Gasteiger partial charge on any atom is -0.464 e. The van der Waals surface area contributed by atoms with Crippen molar-refractivity contribution in [3.8, 4) is 0 Å². The van der Waals surface area contributed by atoms with Crippen molar-refractivity contribution >= 4 is 0 Å². The second kappa shape index (κ2) is 6.48. The Morgan fingerprint density at radius 2 is 2.16 bits per heavy atom. The maximum absolute atomic E-state index is 13.3. The summed E-state index contributed by atoms with van der Waals surface area (Å²) in [4.78, 5) is 3.91.